The molecule has 0 aliphatic heterocycles. The Balaban J connectivity index is 1.09. The predicted octanol–water partition coefficient (Wildman–Crippen LogP) is 8.58. The molecule has 30 heavy (non-hydrogen) atoms. The average molecular weight is 415 g/mol. The van der Waals surface area contributed by atoms with E-state index in [2.05, 4.69) is 26.0 Å². The zero-order chi connectivity index (χ0) is 20.8. The maximum Gasteiger partial charge on any atom is 0.0575 e. The first-order valence-electron chi connectivity index (χ1n) is 14.0. The largest absolute Gasteiger partial charge is 0.378 e. The SMILES string of the molecule is CC1CCC(C=CC2CCC(C3CCC(OCC4CCC(C)CC4)CC3)CC2)CC1. The summed E-state index contributed by atoms with van der Waals surface area (Å²) in [6.45, 7) is 5.90. The van der Waals surface area contributed by atoms with Gasteiger partial charge in [0.1, 0.15) is 0 Å². The maximum absolute atomic E-state index is 6.40. The second-order valence-corrected chi connectivity index (χ2v) is 12.1. The lowest BCUT2D eigenvalue weighted by Crippen LogP contribution is -2.29. The zero-order valence-electron chi connectivity index (χ0n) is 20.2. The van der Waals surface area contributed by atoms with Gasteiger partial charge in [-0.2, -0.15) is 0 Å². The van der Waals surface area contributed by atoms with Gasteiger partial charge in [-0.05, 0) is 118 Å². The Morgan fingerprint density at radius 2 is 0.967 bits per heavy atom. The van der Waals surface area contributed by atoms with Gasteiger partial charge in [0, 0.05) is 6.61 Å². The molecule has 0 N–H and O–H groups in total. The van der Waals surface area contributed by atoms with Gasteiger partial charge in [-0.3, -0.25) is 0 Å². The van der Waals surface area contributed by atoms with E-state index >= 15 is 0 Å². The third kappa shape index (κ3) is 6.85. The zero-order valence-corrected chi connectivity index (χ0v) is 20.2. The molecule has 4 aliphatic carbocycles. The molecule has 0 unspecified atom stereocenters. The van der Waals surface area contributed by atoms with E-state index in [1.807, 2.05) is 0 Å². The minimum absolute atomic E-state index is 0.582. The fourth-order valence-electron chi connectivity index (χ4n) is 7.10. The fourth-order valence-corrected chi connectivity index (χ4v) is 7.10. The summed E-state index contributed by atoms with van der Waals surface area (Å²) in [4.78, 5) is 0. The van der Waals surface area contributed by atoms with Crippen LogP contribution in [0.5, 0.6) is 0 Å². The first kappa shape index (κ1) is 22.9. The lowest BCUT2D eigenvalue weighted by atomic mass is 9.70. The highest BCUT2D eigenvalue weighted by Gasteiger charge is 2.31. The van der Waals surface area contributed by atoms with Crippen LogP contribution in [-0.4, -0.2) is 12.7 Å². The van der Waals surface area contributed by atoms with E-state index in [4.69, 9.17) is 4.74 Å². The average Bonchev–Trinajstić information content (AvgIpc) is 2.79. The summed E-state index contributed by atoms with van der Waals surface area (Å²) in [5, 5.41) is 0. The predicted molar refractivity (Wildman–Crippen MR) is 129 cm³/mol. The topological polar surface area (TPSA) is 9.23 Å². The number of hydrogen-bond donors (Lipinski definition) is 0. The van der Waals surface area contributed by atoms with Gasteiger partial charge in [0.2, 0.25) is 0 Å². The lowest BCUT2D eigenvalue weighted by molar-refractivity contribution is -0.0161. The van der Waals surface area contributed by atoms with Gasteiger partial charge in [-0.15, -0.1) is 0 Å². The van der Waals surface area contributed by atoms with Crippen molar-refractivity contribution in [1.82, 2.24) is 0 Å². The number of allylic oxidation sites excluding steroid dienone is 2. The van der Waals surface area contributed by atoms with Crippen LogP contribution in [0, 0.1) is 41.4 Å². The van der Waals surface area contributed by atoms with Crippen LogP contribution < -0.4 is 0 Å². The number of ether oxygens (including phenoxy) is 1. The molecule has 0 bridgehead atoms. The van der Waals surface area contributed by atoms with E-state index in [9.17, 15) is 0 Å². The molecule has 0 aromatic rings. The molecule has 0 saturated heterocycles. The van der Waals surface area contributed by atoms with E-state index in [1.165, 1.54) is 103 Å². The summed E-state index contributed by atoms with van der Waals surface area (Å²) in [7, 11) is 0. The molecule has 4 fully saturated rings. The normalized spacial score (nSPS) is 43.7. The summed E-state index contributed by atoms with van der Waals surface area (Å²) < 4.78 is 6.40. The van der Waals surface area contributed by atoms with Gasteiger partial charge in [-0.1, -0.05) is 51.7 Å². The number of hydrogen-bond acceptors (Lipinski definition) is 1. The number of rotatable bonds is 6. The first-order chi connectivity index (χ1) is 14.7. The van der Waals surface area contributed by atoms with Crippen LogP contribution in [0.1, 0.15) is 117 Å². The fraction of sp³-hybridized carbons (Fsp3) is 0.931. The van der Waals surface area contributed by atoms with E-state index in [0.717, 1.165) is 48.0 Å². The van der Waals surface area contributed by atoms with Crippen LogP contribution in [0.2, 0.25) is 0 Å². The Hall–Kier alpha value is -0.300. The molecule has 0 atom stereocenters. The van der Waals surface area contributed by atoms with Crippen molar-refractivity contribution in [3.8, 4) is 0 Å². The molecule has 172 valence electrons. The standard InChI is InChI=1S/C29H50O/c1-22-3-7-24(8-4-22)11-12-25-13-15-27(16-14-25)28-17-19-29(20-18-28)30-21-26-9-5-23(2)6-10-26/h11-12,22-29H,3-10,13-21H2,1-2H3. The van der Waals surface area contributed by atoms with Crippen molar-refractivity contribution >= 4 is 0 Å². The molecule has 4 saturated carbocycles. The van der Waals surface area contributed by atoms with E-state index in [1.54, 1.807) is 0 Å². The van der Waals surface area contributed by atoms with E-state index < -0.39 is 0 Å². The highest BCUT2D eigenvalue weighted by Crippen LogP contribution is 2.41. The van der Waals surface area contributed by atoms with Crippen LogP contribution in [0.25, 0.3) is 0 Å². The van der Waals surface area contributed by atoms with E-state index in [0.29, 0.717) is 6.10 Å². The molecule has 1 heteroatoms. The van der Waals surface area contributed by atoms with Crippen LogP contribution in [-0.2, 0) is 4.74 Å². The molecule has 4 rings (SSSR count). The summed E-state index contributed by atoms with van der Waals surface area (Å²) >= 11 is 0. The van der Waals surface area contributed by atoms with Crippen LogP contribution >= 0.6 is 0 Å². The molecular formula is C29H50O. The van der Waals surface area contributed by atoms with Gasteiger partial charge in [0.05, 0.1) is 6.10 Å². The van der Waals surface area contributed by atoms with Crippen molar-refractivity contribution in [2.24, 2.45) is 41.4 Å². The van der Waals surface area contributed by atoms with Crippen molar-refractivity contribution in [3.05, 3.63) is 12.2 Å². The molecule has 0 radical (unpaired) electrons. The second kappa shape index (κ2) is 11.5. The molecular weight excluding hydrogens is 364 g/mol. The molecule has 0 heterocycles. The van der Waals surface area contributed by atoms with Crippen molar-refractivity contribution in [2.45, 2.75) is 123 Å². The monoisotopic (exact) mass is 414 g/mol. The molecule has 0 aromatic carbocycles. The summed E-state index contributed by atoms with van der Waals surface area (Å²) in [5.41, 5.74) is 0. The molecule has 0 amide bonds. The van der Waals surface area contributed by atoms with Crippen LogP contribution in [0.15, 0.2) is 12.2 Å². The van der Waals surface area contributed by atoms with Gasteiger partial charge in [0.25, 0.3) is 0 Å². The van der Waals surface area contributed by atoms with Crippen molar-refractivity contribution in [2.75, 3.05) is 6.61 Å². The smallest absolute Gasteiger partial charge is 0.0575 e. The summed E-state index contributed by atoms with van der Waals surface area (Å²) in [6.07, 6.45) is 28.8. The molecule has 1 nitrogen and oxygen atoms in total. The Kier molecular flexibility index (Phi) is 8.79. The van der Waals surface area contributed by atoms with Gasteiger partial charge < -0.3 is 4.74 Å². The minimum atomic E-state index is 0.582. The van der Waals surface area contributed by atoms with Gasteiger partial charge >= 0.3 is 0 Å². The third-order valence-corrected chi connectivity index (χ3v) is 9.62. The van der Waals surface area contributed by atoms with Crippen LogP contribution in [0.3, 0.4) is 0 Å². The Morgan fingerprint density at radius 3 is 1.50 bits per heavy atom. The van der Waals surface area contributed by atoms with E-state index in [-0.39, 0.29) is 0 Å². The van der Waals surface area contributed by atoms with Crippen molar-refractivity contribution in [1.29, 1.82) is 0 Å². The Bertz CT molecular complexity index is 492. The highest BCUT2D eigenvalue weighted by molar-refractivity contribution is 4.96. The lowest BCUT2D eigenvalue weighted by Gasteiger charge is -2.38. The summed E-state index contributed by atoms with van der Waals surface area (Å²) in [6, 6.07) is 0. The Morgan fingerprint density at radius 1 is 0.533 bits per heavy atom. The van der Waals surface area contributed by atoms with Crippen molar-refractivity contribution < 1.29 is 4.74 Å². The van der Waals surface area contributed by atoms with Gasteiger partial charge in [0.15, 0.2) is 0 Å². The third-order valence-electron chi connectivity index (χ3n) is 9.62. The second-order valence-electron chi connectivity index (χ2n) is 12.1. The molecule has 4 aliphatic rings. The first-order valence-corrected chi connectivity index (χ1v) is 14.0. The summed E-state index contributed by atoms with van der Waals surface area (Å²) in [5.74, 6) is 6.60. The van der Waals surface area contributed by atoms with Crippen LogP contribution in [0.4, 0.5) is 0 Å². The maximum atomic E-state index is 6.40. The highest BCUT2D eigenvalue weighted by atomic mass is 16.5. The van der Waals surface area contributed by atoms with Crippen molar-refractivity contribution in [3.63, 3.8) is 0 Å². The quantitative estimate of drug-likeness (QED) is 0.395. The molecule has 0 spiro atoms. The molecule has 0 aromatic heterocycles. The minimum Gasteiger partial charge on any atom is -0.378 e. The Labute approximate surface area is 187 Å². The van der Waals surface area contributed by atoms with Gasteiger partial charge in [-0.25, -0.2) is 0 Å².